The van der Waals surface area contributed by atoms with Crippen molar-refractivity contribution >= 4 is 27.3 Å². The molecule has 0 saturated heterocycles. The maximum atomic E-state index is 13.3. The second-order valence-corrected chi connectivity index (χ2v) is 6.63. The molecule has 0 aliphatic rings. The van der Waals surface area contributed by atoms with Crippen LogP contribution >= 0.6 is 11.8 Å². The SMILES string of the molecule is Nc1cc(F)c(S(=O)(=O)CCSC(F)(F)F)c(F)c1. The van der Waals surface area contributed by atoms with E-state index in [0.717, 1.165) is 0 Å². The maximum absolute atomic E-state index is 13.3. The van der Waals surface area contributed by atoms with Crippen LogP contribution in [0.25, 0.3) is 0 Å². The molecule has 0 amide bonds. The molecule has 0 saturated carbocycles. The number of nitrogen functional groups attached to an aromatic ring is 1. The molecular formula is C9H8F5NO2S2. The first-order valence-electron chi connectivity index (χ1n) is 4.71. The van der Waals surface area contributed by atoms with Gasteiger partial charge in [0, 0.05) is 11.4 Å². The minimum Gasteiger partial charge on any atom is -0.399 e. The van der Waals surface area contributed by atoms with Gasteiger partial charge in [0.05, 0.1) is 5.75 Å². The fourth-order valence-corrected chi connectivity index (χ4v) is 3.60. The van der Waals surface area contributed by atoms with E-state index in [0.29, 0.717) is 12.1 Å². The van der Waals surface area contributed by atoms with Crippen LogP contribution in [0.5, 0.6) is 0 Å². The molecule has 0 atom stereocenters. The Bertz CT molecular complexity index is 547. The van der Waals surface area contributed by atoms with E-state index in [4.69, 9.17) is 5.73 Å². The topological polar surface area (TPSA) is 60.2 Å². The van der Waals surface area contributed by atoms with Gasteiger partial charge in [-0.2, -0.15) is 13.2 Å². The molecular weight excluding hydrogens is 313 g/mol. The van der Waals surface area contributed by atoms with E-state index < -0.39 is 55.1 Å². The van der Waals surface area contributed by atoms with Crippen molar-refractivity contribution in [1.82, 2.24) is 0 Å². The van der Waals surface area contributed by atoms with Gasteiger partial charge >= 0.3 is 5.51 Å². The number of benzene rings is 1. The van der Waals surface area contributed by atoms with Gasteiger partial charge in [0.2, 0.25) is 0 Å². The van der Waals surface area contributed by atoms with Crippen molar-refractivity contribution in [3.05, 3.63) is 23.8 Å². The monoisotopic (exact) mass is 321 g/mol. The number of hydrogen-bond donors (Lipinski definition) is 1. The predicted octanol–water partition coefficient (Wildman–Crippen LogP) is 2.57. The zero-order chi connectivity index (χ0) is 14.8. The summed E-state index contributed by atoms with van der Waals surface area (Å²) in [5, 5.41) is 0. The fraction of sp³-hybridized carbons (Fsp3) is 0.333. The number of alkyl halides is 3. The van der Waals surface area contributed by atoms with Crippen molar-refractivity contribution < 1.29 is 30.4 Å². The quantitative estimate of drug-likeness (QED) is 0.684. The van der Waals surface area contributed by atoms with Crippen molar-refractivity contribution in [3.8, 4) is 0 Å². The Labute approximate surface area is 109 Å². The highest BCUT2D eigenvalue weighted by Gasteiger charge is 2.30. The van der Waals surface area contributed by atoms with Crippen LogP contribution in [0, 0.1) is 11.6 Å². The number of rotatable bonds is 4. The van der Waals surface area contributed by atoms with E-state index in [9.17, 15) is 30.4 Å². The van der Waals surface area contributed by atoms with E-state index in [1.54, 1.807) is 0 Å². The number of thioether (sulfide) groups is 1. The Morgan fingerprint density at radius 2 is 1.63 bits per heavy atom. The number of hydrogen-bond acceptors (Lipinski definition) is 4. The smallest absolute Gasteiger partial charge is 0.399 e. The normalized spacial score (nSPS) is 12.7. The summed E-state index contributed by atoms with van der Waals surface area (Å²) in [7, 11) is -4.49. The molecule has 0 aromatic heterocycles. The molecule has 0 bridgehead atoms. The minimum absolute atomic E-state index is 0.321. The van der Waals surface area contributed by atoms with Gasteiger partial charge in [0.15, 0.2) is 9.84 Å². The first kappa shape index (κ1) is 16.0. The number of sulfone groups is 1. The van der Waals surface area contributed by atoms with Crippen molar-refractivity contribution in [2.75, 3.05) is 17.2 Å². The summed E-state index contributed by atoms with van der Waals surface area (Å²) in [5.74, 6) is -4.73. The molecule has 0 spiro atoms. The molecule has 0 heterocycles. The van der Waals surface area contributed by atoms with Crippen LogP contribution in [0.4, 0.5) is 27.6 Å². The second kappa shape index (κ2) is 5.53. The van der Waals surface area contributed by atoms with E-state index in [1.807, 2.05) is 0 Å². The fourth-order valence-electron chi connectivity index (χ4n) is 1.25. The summed E-state index contributed by atoms with van der Waals surface area (Å²) in [6.07, 6.45) is 0. The molecule has 3 nitrogen and oxygen atoms in total. The summed E-state index contributed by atoms with van der Waals surface area (Å²) < 4.78 is 85.4. The summed E-state index contributed by atoms with van der Waals surface area (Å²) in [6.45, 7) is 0. The zero-order valence-corrected chi connectivity index (χ0v) is 10.8. The van der Waals surface area contributed by atoms with Gasteiger partial charge in [-0.05, 0) is 23.9 Å². The summed E-state index contributed by atoms with van der Waals surface area (Å²) >= 11 is -0.579. The molecule has 1 rings (SSSR count). The second-order valence-electron chi connectivity index (χ2n) is 3.43. The molecule has 0 unspecified atom stereocenters. The molecule has 0 fully saturated rings. The first-order chi connectivity index (χ1) is 8.53. The van der Waals surface area contributed by atoms with Crippen molar-refractivity contribution in [2.24, 2.45) is 0 Å². The minimum atomic E-state index is -4.60. The van der Waals surface area contributed by atoms with Gasteiger partial charge in [0.1, 0.15) is 16.5 Å². The Balaban J connectivity index is 2.96. The maximum Gasteiger partial charge on any atom is 0.441 e. The summed E-state index contributed by atoms with van der Waals surface area (Å²) in [4.78, 5) is -1.26. The molecule has 0 aliphatic carbocycles. The lowest BCUT2D eigenvalue weighted by molar-refractivity contribution is -0.0326. The summed E-state index contributed by atoms with van der Waals surface area (Å²) in [5.41, 5.74) is 0.177. The van der Waals surface area contributed by atoms with E-state index >= 15 is 0 Å². The van der Waals surface area contributed by atoms with Gasteiger partial charge in [-0.15, -0.1) is 0 Å². The zero-order valence-electron chi connectivity index (χ0n) is 9.17. The highest BCUT2D eigenvalue weighted by Crippen LogP contribution is 2.31. The number of anilines is 1. The third-order valence-electron chi connectivity index (χ3n) is 1.95. The van der Waals surface area contributed by atoms with E-state index in [-0.39, 0.29) is 5.69 Å². The lowest BCUT2D eigenvalue weighted by Crippen LogP contribution is -2.15. The van der Waals surface area contributed by atoms with Crippen LogP contribution in [0.2, 0.25) is 0 Å². The third-order valence-corrected chi connectivity index (χ3v) is 4.70. The lowest BCUT2D eigenvalue weighted by Gasteiger charge is -2.09. The summed E-state index contributed by atoms with van der Waals surface area (Å²) in [6, 6.07) is 1.18. The standard InChI is InChI=1S/C9H8F5NO2S2/c10-6-3-5(15)4-7(11)8(6)19(16,17)2-1-18-9(12,13)14/h3-4H,1-2,15H2. The predicted molar refractivity (Wildman–Crippen MR) is 61.3 cm³/mol. The Kier molecular flexibility index (Phi) is 4.67. The molecule has 2 N–H and O–H groups in total. The third kappa shape index (κ3) is 4.53. The van der Waals surface area contributed by atoms with Gasteiger partial charge in [-0.3, -0.25) is 0 Å². The van der Waals surface area contributed by atoms with Crippen molar-refractivity contribution in [1.29, 1.82) is 0 Å². The highest BCUT2D eigenvalue weighted by atomic mass is 32.2. The molecule has 10 heteroatoms. The number of nitrogens with two attached hydrogens (primary N) is 1. The Hall–Kier alpha value is -1.03. The Morgan fingerprint density at radius 1 is 1.16 bits per heavy atom. The van der Waals surface area contributed by atoms with Crippen LogP contribution in [-0.4, -0.2) is 25.4 Å². The first-order valence-corrected chi connectivity index (χ1v) is 7.35. The average Bonchev–Trinajstić information content (AvgIpc) is 2.11. The van der Waals surface area contributed by atoms with Crippen molar-refractivity contribution in [3.63, 3.8) is 0 Å². The van der Waals surface area contributed by atoms with Crippen LogP contribution in [0.15, 0.2) is 17.0 Å². The van der Waals surface area contributed by atoms with Gasteiger partial charge < -0.3 is 5.73 Å². The van der Waals surface area contributed by atoms with Crippen LogP contribution in [0.3, 0.4) is 0 Å². The molecule has 108 valence electrons. The van der Waals surface area contributed by atoms with Gasteiger partial charge in [-0.1, -0.05) is 0 Å². The van der Waals surface area contributed by atoms with Gasteiger partial charge in [0.25, 0.3) is 0 Å². The van der Waals surface area contributed by atoms with Crippen molar-refractivity contribution in [2.45, 2.75) is 10.4 Å². The number of halogens is 5. The van der Waals surface area contributed by atoms with E-state index in [2.05, 4.69) is 0 Å². The lowest BCUT2D eigenvalue weighted by atomic mass is 10.3. The van der Waals surface area contributed by atoms with Gasteiger partial charge in [-0.25, -0.2) is 17.2 Å². The van der Waals surface area contributed by atoms with Crippen LogP contribution in [-0.2, 0) is 9.84 Å². The average molecular weight is 321 g/mol. The highest BCUT2D eigenvalue weighted by molar-refractivity contribution is 8.01. The Morgan fingerprint density at radius 3 is 2.05 bits per heavy atom. The molecule has 1 aromatic rings. The molecule has 0 aliphatic heterocycles. The molecule has 19 heavy (non-hydrogen) atoms. The van der Waals surface area contributed by atoms with Crippen LogP contribution < -0.4 is 5.73 Å². The largest absolute Gasteiger partial charge is 0.441 e. The molecule has 0 radical (unpaired) electrons. The molecule has 1 aromatic carbocycles. The van der Waals surface area contributed by atoms with Crippen LogP contribution in [0.1, 0.15) is 0 Å². The van der Waals surface area contributed by atoms with E-state index in [1.165, 1.54) is 0 Å².